The summed E-state index contributed by atoms with van der Waals surface area (Å²) < 4.78 is 13.3. The van der Waals surface area contributed by atoms with Crippen molar-refractivity contribution in [3.05, 3.63) is 130 Å². The van der Waals surface area contributed by atoms with Crippen molar-refractivity contribution in [2.45, 2.75) is 82.2 Å². The van der Waals surface area contributed by atoms with Gasteiger partial charge in [0.25, 0.3) is 0 Å². The molecule has 1 amide bonds. The van der Waals surface area contributed by atoms with E-state index in [1.54, 1.807) is 0 Å². The van der Waals surface area contributed by atoms with E-state index in [1.807, 2.05) is 84.9 Å². The number of hydrogen-bond donors (Lipinski definition) is 4. The Morgan fingerprint density at radius 1 is 0.827 bits per heavy atom. The number of unbranched alkanes of at least 4 members (excludes halogenated alkanes) is 1. The van der Waals surface area contributed by atoms with Crippen molar-refractivity contribution in [3.63, 3.8) is 0 Å². The summed E-state index contributed by atoms with van der Waals surface area (Å²) in [5.74, 6) is -0.944. The molecule has 2 aliphatic heterocycles. The Balaban J connectivity index is 1.14. The maximum Gasteiger partial charge on any atom is 0.303 e. The smallest absolute Gasteiger partial charge is 0.303 e. The summed E-state index contributed by atoms with van der Waals surface area (Å²) >= 11 is 6.09. The third kappa shape index (κ3) is 10.1. The summed E-state index contributed by atoms with van der Waals surface area (Å²) in [6, 6.07) is 31.5. The normalized spacial score (nSPS) is 20.3. The minimum absolute atomic E-state index is 0.0214. The van der Waals surface area contributed by atoms with Gasteiger partial charge >= 0.3 is 5.97 Å². The number of piperidine rings is 1. The zero-order valence-electron chi connectivity index (χ0n) is 29.3. The largest absolute Gasteiger partial charge is 0.481 e. The third-order valence-corrected chi connectivity index (χ3v) is 10.3. The van der Waals surface area contributed by atoms with E-state index in [2.05, 4.69) is 22.3 Å². The van der Waals surface area contributed by atoms with Crippen molar-refractivity contribution >= 4 is 23.5 Å². The second kappa shape index (κ2) is 17.6. The average molecular weight is 727 g/mol. The molecule has 274 valence electrons. The number of nitrogens with one attached hydrogen (secondary N) is 1. The first kappa shape index (κ1) is 37.7. The van der Waals surface area contributed by atoms with E-state index < -0.39 is 17.9 Å². The molecule has 2 heterocycles. The Kier molecular flexibility index (Phi) is 12.8. The lowest BCUT2D eigenvalue weighted by molar-refractivity contribution is -0.253. The molecule has 3 atom stereocenters. The number of nitrogens with zero attached hydrogens (tertiary/aromatic N) is 1. The maximum atomic E-state index is 12.3. The van der Waals surface area contributed by atoms with Gasteiger partial charge in [-0.15, -0.1) is 0 Å². The van der Waals surface area contributed by atoms with Gasteiger partial charge in [0.15, 0.2) is 6.29 Å². The molecule has 2 fully saturated rings. The van der Waals surface area contributed by atoms with Crippen LogP contribution in [-0.4, -0.2) is 57.8 Å². The lowest BCUT2D eigenvalue weighted by atomic mass is 9.84. The van der Waals surface area contributed by atoms with E-state index >= 15 is 0 Å². The van der Waals surface area contributed by atoms with Gasteiger partial charge in [-0.25, -0.2) is 0 Å². The molecule has 0 spiro atoms. The van der Waals surface area contributed by atoms with Gasteiger partial charge in [0.2, 0.25) is 5.91 Å². The number of carbonyl (C=O) groups excluding carboxylic acids is 1. The number of hydrogen-bond acceptors (Lipinski definition) is 7. The van der Waals surface area contributed by atoms with Crippen molar-refractivity contribution in [3.8, 4) is 11.1 Å². The Labute approximate surface area is 310 Å². The van der Waals surface area contributed by atoms with Crippen LogP contribution in [-0.2, 0) is 37.8 Å². The number of aliphatic carboxylic acids is 1. The fourth-order valence-electron chi connectivity index (χ4n) is 7.05. The molecular formula is C42H47ClN2O7. The second-order valence-electron chi connectivity index (χ2n) is 13.9. The number of carboxylic acid groups (broad SMARTS) is 1. The van der Waals surface area contributed by atoms with Crippen LogP contribution in [0.4, 0.5) is 0 Å². The van der Waals surface area contributed by atoms with Crippen LogP contribution >= 0.6 is 11.6 Å². The number of halogens is 1. The number of carboxylic acids is 1. The van der Waals surface area contributed by atoms with Gasteiger partial charge in [0.1, 0.15) is 0 Å². The van der Waals surface area contributed by atoms with Crippen LogP contribution in [0, 0.1) is 0 Å². The van der Waals surface area contributed by atoms with Gasteiger partial charge in [-0.1, -0.05) is 84.4 Å². The van der Waals surface area contributed by atoms with Crippen molar-refractivity contribution in [2.24, 2.45) is 0 Å². The first-order valence-electron chi connectivity index (χ1n) is 18.1. The molecule has 52 heavy (non-hydrogen) atoms. The quantitative estimate of drug-likeness (QED) is 0.0998. The van der Waals surface area contributed by atoms with Crippen molar-refractivity contribution in [1.29, 1.82) is 0 Å². The summed E-state index contributed by atoms with van der Waals surface area (Å²) in [6.07, 6.45) is 2.34. The highest BCUT2D eigenvalue weighted by atomic mass is 35.5. The molecule has 0 bridgehead atoms. The van der Waals surface area contributed by atoms with Crippen LogP contribution in [0.15, 0.2) is 97.1 Å². The molecule has 0 unspecified atom stereocenters. The fourth-order valence-corrected chi connectivity index (χ4v) is 7.18. The summed E-state index contributed by atoms with van der Waals surface area (Å²) in [7, 11) is 0. The number of carbonyl (C=O) groups is 2. The second-order valence-corrected chi connectivity index (χ2v) is 14.3. The summed E-state index contributed by atoms with van der Waals surface area (Å²) in [6.45, 7) is 2.53. The minimum atomic E-state index is -0.885. The van der Waals surface area contributed by atoms with Gasteiger partial charge in [-0.3, -0.25) is 9.59 Å². The van der Waals surface area contributed by atoms with Crippen LogP contribution < -0.4 is 5.32 Å². The summed E-state index contributed by atoms with van der Waals surface area (Å²) in [5, 5.41) is 33.5. The number of rotatable bonds is 14. The van der Waals surface area contributed by atoms with Crippen LogP contribution in [0.1, 0.15) is 85.2 Å². The van der Waals surface area contributed by atoms with Crippen molar-refractivity contribution in [2.75, 3.05) is 19.6 Å². The molecule has 0 saturated carbocycles. The highest BCUT2D eigenvalue weighted by Gasteiger charge is 2.37. The molecule has 6 rings (SSSR count). The number of aliphatic hydroxyl groups is 2. The van der Waals surface area contributed by atoms with E-state index in [0.717, 1.165) is 52.0 Å². The number of amides is 1. The van der Waals surface area contributed by atoms with Gasteiger partial charge in [0, 0.05) is 56.0 Å². The van der Waals surface area contributed by atoms with Crippen LogP contribution in [0.2, 0.25) is 5.02 Å². The summed E-state index contributed by atoms with van der Waals surface area (Å²) in [5.41, 5.74) is 5.73. The molecule has 10 heteroatoms. The van der Waals surface area contributed by atoms with E-state index in [-0.39, 0.29) is 31.1 Å². The molecule has 2 saturated heterocycles. The van der Waals surface area contributed by atoms with Gasteiger partial charge in [-0.2, -0.15) is 0 Å². The van der Waals surface area contributed by atoms with E-state index in [9.17, 15) is 19.8 Å². The molecular weight excluding hydrogens is 680 g/mol. The average Bonchev–Trinajstić information content (AvgIpc) is 3.17. The molecule has 0 aromatic heterocycles. The zero-order chi connectivity index (χ0) is 36.5. The number of likely N-dealkylation sites (tertiary alicyclic amines) is 1. The Morgan fingerprint density at radius 2 is 1.52 bits per heavy atom. The number of ether oxygens (including phenoxy) is 2. The zero-order valence-corrected chi connectivity index (χ0v) is 30.0. The van der Waals surface area contributed by atoms with E-state index in [4.69, 9.17) is 26.2 Å². The lowest BCUT2D eigenvalue weighted by Crippen LogP contribution is -2.46. The lowest BCUT2D eigenvalue weighted by Gasteiger charge is -2.42. The van der Waals surface area contributed by atoms with E-state index in [1.165, 1.54) is 0 Å². The minimum Gasteiger partial charge on any atom is -0.481 e. The third-order valence-electron chi connectivity index (χ3n) is 10.1. The highest BCUT2D eigenvalue weighted by molar-refractivity contribution is 6.30. The van der Waals surface area contributed by atoms with Crippen LogP contribution in [0.3, 0.4) is 0 Å². The van der Waals surface area contributed by atoms with Crippen LogP contribution in [0.5, 0.6) is 0 Å². The highest BCUT2D eigenvalue weighted by Crippen LogP contribution is 2.40. The Hall–Kier alpha value is -4.09. The molecule has 9 nitrogen and oxygen atoms in total. The molecule has 2 aliphatic rings. The number of aliphatic hydroxyl groups excluding tert-OH is 1. The summed E-state index contributed by atoms with van der Waals surface area (Å²) in [4.78, 5) is 25.4. The van der Waals surface area contributed by atoms with Crippen molar-refractivity contribution < 1.29 is 34.4 Å². The molecule has 4 N–H and O–H groups in total. The Morgan fingerprint density at radius 3 is 2.23 bits per heavy atom. The van der Waals surface area contributed by atoms with Crippen LogP contribution in [0.25, 0.3) is 11.1 Å². The van der Waals surface area contributed by atoms with Crippen molar-refractivity contribution in [1.82, 2.24) is 10.2 Å². The Bertz CT molecular complexity index is 1790. The fraction of sp³-hybridized carbons (Fsp3) is 0.381. The predicted octanol–water partition coefficient (Wildman–Crippen LogP) is 7.29. The first-order valence-corrected chi connectivity index (χ1v) is 18.4. The predicted molar refractivity (Wildman–Crippen MR) is 199 cm³/mol. The number of benzene rings is 4. The SMILES string of the molecule is O=C(O)CCCCC(=O)NCc1cccc(-c2cccc([C@@H]3O[C@H](CN4CCC(O)(c5ccc(Cl)cc5)CC4)C[C@H](c4ccc(CO)cc4)O3)c2)c1. The first-order chi connectivity index (χ1) is 25.2. The topological polar surface area (TPSA) is 129 Å². The van der Waals surface area contributed by atoms with E-state index in [0.29, 0.717) is 56.6 Å². The monoisotopic (exact) mass is 726 g/mol. The van der Waals surface area contributed by atoms with Gasteiger partial charge in [0.05, 0.1) is 24.4 Å². The molecule has 4 aromatic carbocycles. The molecule has 4 aromatic rings. The molecule has 0 aliphatic carbocycles. The van der Waals surface area contributed by atoms with Gasteiger partial charge in [-0.05, 0) is 83.3 Å². The molecule has 0 radical (unpaired) electrons. The standard InChI is InChI=1S/C42H47ClN2O7/c43-36-17-15-35(16-18-36)42(50)19-21-45(22-20-42)27-37-25-38(31-13-11-29(28-46)12-14-31)52-41(51-37)34-8-4-7-33(24-34)32-6-3-5-30(23-32)26-44-39(47)9-1-2-10-40(48)49/h3-8,11-18,23-24,37-38,41,46,50H,1-2,9-10,19-22,25-28H2,(H,44,47)(H,48,49)/t37-,38+,41+/m0/s1. The van der Waals surface area contributed by atoms with Gasteiger partial charge < -0.3 is 35.0 Å². The maximum absolute atomic E-state index is 12.3.